The SMILES string of the molecule is C[C@H](CC(=O)OCC1c2ccccc2-c2ccccc21)C(=O)OC(C)(C)c1ccccc1. The molecular formula is C28H28O4. The number of carbonyl (C=O) groups excluding carboxylic acids is 2. The molecule has 4 nitrogen and oxygen atoms in total. The Balaban J connectivity index is 1.36. The van der Waals surface area contributed by atoms with E-state index in [1.165, 1.54) is 22.3 Å². The Morgan fingerprint density at radius 3 is 1.97 bits per heavy atom. The van der Waals surface area contributed by atoms with Gasteiger partial charge in [-0.25, -0.2) is 0 Å². The van der Waals surface area contributed by atoms with E-state index >= 15 is 0 Å². The first-order chi connectivity index (χ1) is 15.4. The van der Waals surface area contributed by atoms with E-state index in [0.717, 1.165) is 5.56 Å². The zero-order chi connectivity index (χ0) is 22.7. The fourth-order valence-electron chi connectivity index (χ4n) is 4.26. The molecular weight excluding hydrogens is 400 g/mol. The van der Waals surface area contributed by atoms with Gasteiger partial charge in [0.1, 0.15) is 12.2 Å². The van der Waals surface area contributed by atoms with Gasteiger partial charge >= 0.3 is 11.9 Å². The highest BCUT2D eigenvalue weighted by atomic mass is 16.6. The fourth-order valence-corrected chi connectivity index (χ4v) is 4.26. The van der Waals surface area contributed by atoms with Gasteiger partial charge in [-0.2, -0.15) is 0 Å². The van der Waals surface area contributed by atoms with Crippen LogP contribution in [-0.2, 0) is 24.7 Å². The Morgan fingerprint density at radius 2 is 1.38 bits per heavy atom. The van der Waals surface area contributed by atoms with Gasteiger partial charge in [-0.3, -0.25) is 9.59 Å². The van der Waals surface area contributed by atoms with Crippen molar-refractivity contribution in [2.75, 3.05) is 6.61 Å². The van der Waals surface area contributed by atoms with E-state index in [1.54, 1.807) is 6.92 Å². The zero-order valence-electron chi connectivity index (χ0n) is 18.7. The number of carbonyl (C=O) groups is 2. The lowest BCUT2D eigenvalue weighted by Gasteiger charge is -2.27. The molecule has 1 atom stereocenters. The fraction of sp³-hybridized carbons (Fsp3) is 0.286. The van der Waals surface area contributed by atoms with Gasteiger partial charge in [0.05, 0.1) is 12.3 Å². The predicted molar refractivity (Wildman–Crippen MR) is 124 cm³/mol. The number of fused-ring (bicyclic) bond motifs is 3. The molecule has 4 rings (SSSR count). The van der Waals surface area contributed by atoms with Crippen LogP contribution in [-0.4, -0.2) is 18.5 Å². The summed E-state index contributed by atoms with van der Waals surface area (Å²) in [6.07, 6.45) is -0.0142. The molecule has 0 radical (unpaired) electrons. The summed E-state index contributed by atoms with van der Waals surface area (Å²) in [6.45, 7) is 5.65. The van der Waals surface area contributed by atoms with Crippen molar-refractivity contribution in [2.45, 2.75) is 38.7 Å². The quantitative estimate of drug-likeness (QED) is 0.443. The second-order valence-electron chi connectivity index (χ2n) is 8.81. The summed E-state index contributed by atoms with van der Waals surface area (Å²) in [5.74, 6) is -1.39. The first kappa shape index (κ1) is 21.8. The van der Waals surface area contributed by atoms with Crippen molar-refractivity contribution in [3.63, 3.8) is 0 Å². The second-order valence-corrected chi connectivity index (χ2v) is 8.81. The molecule has 164 valence electrons. The van der Waals surface area contributed by atoms with Crippen molar-refractivity contribution in [1.82, 2.24) is 0 Å². The first-order valence-corrected chi connectivity index (χ1v) is 11.0. The largest absolute Gasteiger partial charge is 0.465 e. The molecule has 0 spiro atoms. The third-order valence-electron chi connectivity index (χ3n) is 6.07. The normalized spacial score (nSPS) is 13.7. The number of hydrogen-bond donors (Lipinski definition) is 0. The minimum Gasteiger partial charge on any atom is -0.465 e. The van der Waals surface area contributed by atoms with Gasteiger partial charge in [0, 0.05) is 5.92 Å². The van der Waals surface area contributed by atoms with Gasteiger partial charge in [0.15, 0.2) is 0 Å². The molecule has 4 heteroatoms. The monoisotopic (exact) mass is 428 g/mol. The molecule has 0 aliphatic heterocycles. The van der Waals surface area contributed by atoms with Crippen LogP contribution in [0, 0.1) is 5.92 Å². The van der Waals surface area contributed by atoms with Crippen molar-refractivity contribution in [3.05, 3.63) is 95.6 Å². The summed E-state index contributed by atoms with van der Waals surface area (Å²) >= 11 is 0. The molecule has 3 aromatic rings. The summed E-state index contributed by atoms with van der Waals surface area (Å²) in [5.41, 5.74) is 4.83. The van der Waals surface area contributed by atoms with Gasteiger partial charge in [-0.1, -0.05) is 85.8 Å². The van der Waals surface area contributed by atoms with Crippen LogP contribution in [0.5, 0.6) is 0 Å². The van der Waals surface area contributed by atoms with Crippen molar-refractivity contribution in [3.8, 4) is 11.1 Å². The van der Waals surface area contributed by atoms with Crippen LogP contribution in [0.15, 0.2) is 78.9 Å². The summed E-state index contributed by atoms with van der Waals surface area (Å²) in [7, 11) is 0. The second kappa shape index (κ2) is 8.99. The number of esters is 2. The van der Waals surface area contributed by atoms with Gasteiger partial charge < -0.3 is 9.47 Å². The highest BCUT2D eigenvalue weighted by molar-refractivity contribution is 5.81. The molecule has 0 fully saturated rings. The van der Waals surface area contributed by atoms with Crippen LogP contribution in [0.25, 0.3) is 11.1 Å². The smallest absolute Gasteiger partial charge is 0.310 e. The highest BCUT2D eigenvalue weighted by Gasteiger charge is 2.31. The Morgan fingerprint density at radius 1 is 0.844 bits per heavy atom. The van der Waals surface area contributed by atoms with Crippen LogP contribution >= 0.6 is 0 Å². The van der Waals surface area contributed by atoms with E-state index in [9.17, 15) is 9.59 Å². The number of benzene rings is 3. The Hall–Kier alpha value is -3.40. The van der Waals surface area contributed by atoms with Crippen molar-refractivity contribution in [2.24, 2.45) is 5.92 Å². The average molecular weight is 429 g/mol. The molecule has 0 bridgehead atoms. The Labute approximate surface area is 189 Å². The van der Waals surface area contributed by atoms with Gasteiger partial charge in [-0.15, -0.1) is 0 Å². The average Bonchev–Trinajstić information content (AvgIpc) is 3.12. The number of hydrogen-bond acceptors (Lipinski definition) is 4. The van der Waals surface area contributed by atoms with E-state index in [2.05, 4.69) is 24.3 Å². The lowest BCUT2D eigenvalue weighted by Crippen LogP contribution is -2.30. The van der Waals surface area contributed by atoms with Crippen molar-refractivity contribution >= 4 is 11.9 Å². The van der Waals surface area contributed by atoms with Gasteiger partial charge in [0.2, 0.25) is 0 Å². The maximum Gasteiger partial charge on any atom is 0.310 e. The summed E-state index contributed by atoms with van der Waals surface area (Å²) in [6, 6.07) is 26.0. The van der Waals surface area contributed by atoms with Gasteiger partial charge in [-0.05, 0) is 41.7 Å². The van der Waals surface area contributed by atoms with E-state index in [0.29, 0.717) is 0 Å². The molecule has 0 amide bonds. The Bertz CT molecular complexity index is 1070. The van der Waals surface area contributed by atoms with Crippen LogP contribution in [0.2, 0.25) is 0 Å². The van der Waals surface area contributed by atoms with Crippen LogP contribution in [0.3, 0.4) is 0 Å². The van der Waals surface area contributed by atoms with Crippen LogP contribution in [0.1, 0.15) is 49.8 Å². The molecule has 0 heterocycles. The van der Waals surface area contributed by atoms with Gasteiger partial charge in [0.25, 0.3) is 0 Å². The minimum absolute atomic E-state index is 0.00521. The van der Waals surface area contributed by atoms with Crippen molar-refractivity contribution < 1.29 is 19.1 Å². The standard InChI is InChI=1S/C28H28O4/c1-19(27(30)32-28(2,3)20-11-5-4-6-12-20)17-26(29)31-18-25-23-15-9-7-13-21(23)22-14-8-10-16-24(22)25/h4-16,19,25H,17-18H2,1-3H3/t19-/m1/s1. The maximum atomic E-state index is 12.6. The molecule has 1 aliphatic rings. The molecule has 0 aromatic heterocycles. The third kappa shape index (κ3) is 4.45. The lowest BCUT2D eigenvalue weighted by atomic mass is 9.97. The molecule has 0 saturated heterocycles. The first-order valence-electron chi connectivity index (χ1n) is 11.0. The van der Waals surface area contributed by atoms with E-state index in [-0.39, 0.29) is 18.9 Å². The lowest BCUT2D eigenvalue weighted by molar-refractivity contribution is -0.165. The summed E-state index contributed by atoms with van der Waals surface area (Å²) < 4.78 is 11.3. The number of rotatable bonds is 7. The topological polar surface area (TPSA) is 52.6 Å². The molecule has 0 unspecified atom stereocenters. The maximum absolute atomic E-state index is 12.6. The summed E-state index contributed by atoms with van der Waals surface area (Å²) in [4.78, 5) is 25.2. The van der Waals surface area contributed by atoms with Crippen LogP contribution < -0.4 is 0 Å². The molecule has 1 aliphatic carbocycles. The minimum atomic E-state index is -0.770. The summed E-state index contributed by atoms with van der Waals surface area (Å²) in [5, 5.41) is 0. The van der Waals surface area contributed by atoms with E-state index < -0.39 is 23.5 Å². The molecule has 0 saturated carbocycles. The van der Waals surface area contributed by atoms with E-state index in [1.807, 2.05) is 68.4 Å². The zero-order valence-corrected chi connectivity index (χ0v) is 18.7. The molecule has 32 heavy (non-hydrogen) atoms. The van der Waals surface area contributed by atoms with Crippen molar-refractivity contribution in [1.29, 1.82) is 0 Å². The highest BCUT2D eigenvalue weighted by Crippen LogP contribution is 2.44. The van der Waals surface area contributed by atoms with Crippen LogP contribution in [0.4, 0.5) is 0 Å². The van der Waals surface area contributed by atoms with E-state index in [4.69, 9.17) is 9.47 Å². The molecule has 0 N–H and O–H groups in total. The number of ether oxygens (including phenoxy) is 2. The third-order valence-corrected chi connectivity index (χ3v) is 6.07. The molecule has 3 aromatic carbocycles. The predicted octanol–water partition coefficient (Wildman–Crippen LogP) is 5.85. The Kier molecular flexibility index (Phi) is 6.13.